The molecule has 1 atom stereocenters. The number of fused-ring (bicyclic) bond motifs is 1. The zero-order chi connectivity index (χ0) is 20.7. The van der Waals surface area contributed by atoms with Crippen molar-refractivity contribution in [3.05, 3.63) is 94.8 Å². The molecule has 150 valence electrons. The third-order valence-electron chi connectivity index (χ3n) is 5.87. The number of rotatable bonds is 4. The Bertz CT molecular complexity index is 1250. The number of aromatic nitrogens is 2. The van der Waals surface area contributed by atoms with E-state index in [2.05, 4.69) is 10.6 Å². The van der Waals surface area contributed by atoms with Crippen LogP contribution in [0, 0.1) is 6.92 Å². The van der Waals surface area contributed by atoms with E-state index >= 15 is 0 Å². The highest BCUT2D eigenvalue weighted by atomic mass is 35.5. The molecule has 0 N–H and O–H groups in total. The minimum Gasteiger partial charge on any atom is -0.323 e. The maximum atomic E-state index is 12.9. The first kappa shape index (κ1) is 18.9. The maximum Gasteiger partial charge on any atom is 0.227 e. The lowest BCUT2D eigenvalue weighted by Gasteiger charge is -2.19. The topological polar surface area (TPSA) is 38.1 Å². The summed E-state index contributed by atoms with van der Waals surface area (Å²) in [6, 6.07) is 24.1. The molecule has 2 heterocycles. The molecule has 1 aliphatic rings. The van der Waals surface area contributed by atoms with Crippen molar-refractivity contribution in [1.82, 2.24) is 9.55 Å². The normalized spacial score (nSPS) is 16.5. The zero-order valence-electron chi connectivity index (χ0n) is 16.8. The Morgan fingerprint density at radius 2 is 1.73 bits per heavy atom. The summed E-state index contributed by atoms with van der Waals surface area (Å²) in [6.07, 6.45) is 0.459. The highest BCUT2D eigenvalue weighted by molar-refractivity contribution is 6.31. The predicted octanol–water partition coefficient (Wildman–Crippen LogP) is 5.57. The minimum atomic E-state index is 0.0343. The molecule has 4 nitrogen and oxygen atoms in total. The van der Waals surface area contributed by atoms with Gasteiger partial charge in [0.2, 0.25) is 5.91 Å². The van der Waals surface area contributed by atoms with Gasteiger partial charge >= 0.3 is 0 Å². The first-order chi connectivity index (χ1) is 14.6. The molecule has 1 amide bonds. The first-order valence-corrected chi connectivity index (χ1v) is 10.5. The number of amides is 1. The number of hydrogen-bond donors (Lipinski definition) is 0. The molecule has 1 saturated heterocycles. The van der Waals surface area contributed by atoms with E-state index in [1.54, 1.807) is 0 Å². The molecule has 5 heteroatoms. The molecule has 4 aromatic rings. The summed E-state index contributed by atoms with van der Waals surface area (Å²) in [4.78, 5) is 19.8. The van der Waals surface area contributed by atoms with Gasteiger partial charge in [0.25, 0.3) is 0 Å². The van der Waals surface area contributed by atoms with Crippen molar-refractivity contribution in [1.29, 1.82) is 0 Å². The molecule has 0 radical (unpaired) electrons. The second-order valence-corrected chi connectivity index (χ2v) is 8.24. The van der Waals surface area contributed by atoms with Gasteiger partial charge in [0, 0.05) is 29.6 Å². The SMILES string of the molecule is Cc1ccccc1N1C[C@H](c2nc3ccccc3n2Cc2ccccc2Cl)CC1=O. The third-order valence-corrected chi connectivity index (χ3v) is 6.24. The van der Waals surface area contributed by atoms with Crippen molar-refractivity contribution >= 4 is 34.2 Å². The fourth-order valence-corrected chi connectivity index (χ4v) is 4.54. The molecule has 0 aliphatic carbocycles. The van der Waals surface area contributed by atoms with Gasteiger partial charge in [-0.15, -0.1) is 0 Å². The molecule has 1 fully saturated rings. The Morgan fingerprint density at radius 1 is 1.00 bits per heavy atom. The van der Waals surface area contributed by atoms with Gasteiger partial charge in [-0.25, -0.2) is 4.98 Å². The first-order valence-electron chi connectivity index (χ1n) is 10.2. The molecular formula is C25H22ClN3O. The monoisotopic (exact) mass is 415 g/mol. The van der Waals surface area contributed by atoms with E-state index in [9.17, 15) is 4.79 Å². The molecular weight excluding hydrogens is 394 g/mol. The van der Waals surface area contributed by atoms with Crippen molar-refractivity contribution in [2.75, 3.05) is 11.4 Å². The summed E-state index contributed by atoms with van der Waals surface area (Å²) in [6.45, 7) is 3.31. The Hall–Kier alpha value is -3.11. The van der Waals surface area contributed by atoms with Crippen LogP contribution in [0.15, 0.2) is 72.8 Å². The summed E-state index contributed by atoms with van der Waals surface area (Å²) >= 11 is 6.45. The standard InChI is InChI=1S/C25H22ClN3O/c1-17-8-2-6-12-22(17)28-16-19(14-24(28)30)25-27-21-11-5-7-13-23(21)29(25)15-18-9-3-4-10-20(18)26/h2-13,19H,14-16H2,1H3/t19-/m1/s1. The molecule has 0 spiro atoms. The second-order valence-electron chi connectivity index (χ2n) is 7.83. The van der Waals surface area contributed by atoms with Crippen LogP contribution in [0.25, 0.3) is 11.0 Å². The Balaban J connectivity index is 1.55. The smallest absolute Gasteiger partial charge is 0.227 e. The molecule has 30 heavy (non-hydrogen) atoms. The quantitative estimate of drug-likeness (QED) is 0.437. The van der Waals surface area contributed by atoms with Crippen molar-refractivity contribution in [2.45, 2.75) is 25.8 Å². The fourth-order valence-electron chi connectivity index (χ4n) is 4.35. The maximum absolute atomic E-state index is 12.9. The van der Waals surface area contributed by atoms with Crippen LogP contribution in [0.5, 0.6) is 0 Å². The number of benzene rings is 3. The van der Waals surface area contributed by atoms with Crippen LogP contribution in [0.4, 0.5) is 5.69 Å². The van der Waals surface area contributed by atoms with Crippen LogP contribution in [0.3, 0.4) is 0 Å². The van der Waals surface area contributed by atoms with Gasteiger partial charge in [-0.3, -0.25) is 4.79 Å². The van der Waals surface area contributed by atoms with Gasteiger partial charge in [0.15, 0.2) is 0 Å². The number of aryl methyl sites for hydroxylation is 1. The van der Waals surface area contributed by atoms with Crippen LogP contribution in [0.2, 0.25) is 5.02 Å². The van der Waals surface area contributed by atoms with Crippen molar-refractivity contribution in [3.8, 4) is 0 Å². The lowest BCUT2D eigenvalue weighted by Crippen LogP contribution is -2.25. The van der Waals surface area contributed by atoms with Crippen molar-refractivity contribution in [2.24, 2.45) is 0 Å². The molecule has 5 rings (SSSR count). The number of para-hydroxylation sites is 3. The highest BCUT2D eigenvalue weighted by Gasteiger charge is 2.35. The van der Waals surface area contributed by atoms with E-state index in [0.29, 0.717) is 19.5 Å². The lowest BCUT2D eigenvalue weighted by molar-refractivity contribution is -0.117. The lowest BCUT2D eigenvalue weighted by atomic mass is 10.1. The summed E-state index contributed by atoms with van der Waals surface area (Å²) in [5, 5.41) is 0.741. The predicted molar refractivity (Wildman–Crippen MR) is 121 cm³/mol. The number of carbonyl (C=O) groups excluding carboxylic acids is 1. The van der Waals surface area contributed by atoms with Gasteiger partial charge < -0.3 is 9.47 Å². The number of hydrogen-bond acceptors (Lipinski definition) is 2. The van der Waals surface area contributed by atoms with Crippen molar-refractivity contribution < 1.29 is 4.79 Å². The molecule has 3 aromatic carbocycles. The zero-order valence-corrected chi connectivity index (χ0v) is 17.5. The third kappa shape index (κ3) is 3.27. The highest BCUT2D eigenvalue weighted by Crippen LogP contribution is 2.35. The molecule has 1 aliphatic heterocycles. The number of imidazole rings is 1. The van der Waals surface area contributed by atoms with E-state index in [4.69, 9.17) is 16.6 Å². The van der Waals surface area contributed by atoms with Crippen LogP contribution < -0.4 is 4.90 Å². The molecule has 0 unspecified atom stereocenters. The van der Waals surface area contributed by atoms with E-state index in [0.717, 1.165) is 38.7 Å². The van der Waals surface area contributed by atoms with Crippen molar-refractivity contribution in [3.63, 3.8) is 0 Å². The van der Waals surface area contributed by atoms with E-state index in [-0.39, 0.29) is 11.8 Å². The average Bonchev–Trinajstić information content (AvgIpc) is 3.31. The summed E-state index contributed by atoms with van der Waals surface area (Å²) < 4.78 is 2.22. The molecule has 0 bridgehead atoms. The van der Waals surface area contributed by atoms with Gasteiger partial charge in [-0.2, -0.15) is 0 Å². The largest absolute Gasteiger partial charge is 0.323 e. The fraction of sp³-hybridized carbons (Fsp3) is 0.200. The van der Waals surface area contributed by atoms with Gasteiger partial charge in [-0.1, -0.05) is 60.1 Å². The number of halogens is 1. The van der Waals surface area contributed by atoms with Gasteiger partial charge in [0.1, 0.15) is 5.82 Å². The van der Waals surface area contributed by atoms with Gasteiger partial charge in [0.05, 0.1) is 17.6 Å². The van der Waals surface area contributed by atoms with Crippen LogP contribution in [-0.4, -0.2) is 22.0 Å². The Morgan fingerprint density at radius 3 is 2.57 bits per heavy atom. The minimum absolute atomic E-state index is 0.0343. The number of carbonyl (C=O) groups is 1. The van der Waals surface area contributed by atoms with Crippen LogP contribution in [-0.2, 0) is 11.3 Å². The van der Waals surface area contributed by atoms with E-state index < -0.39 is 0 Å². The van der Waals surface area contributed by atoms with Gasteiger partial charge in [-0.05, 0) is 42.3 Å². The second kappa shape index (κ2) is 7.62. The van der Waals surface area contributed by atoms with Crippen LogP contribution in [0.1, 0.15) is 29.3 Å². The van der Waals surface area contributed by atoms with E-state index in [1.165, 1.54) is 0 Å². The summed E-state index contributed by atoms with van der Waals surface area (Å²) in [5.74, 6) is 1.12. The summed E-state index contributed by atoms with van der Waals surface area (Å²) in [5.41, 5.74) is 5.15. The van der Waals surface area contributed by atoms with Crippen LogP contribution >= 0.6 is 11.6 Å². The van der Waals surface area contributed by atoms with E-state index in [1.807, 2.05) is 78.6 Å². The average molecular weight is 416 g/mol. The molecule has 0 saturated carbocycles. The molecule has 1 aromatic heterocycles. The number of nitrogens with zero attached hydrogens (tertiary/aromatic N) is 3. The Labute approximate surface area is 180 Å². The summed E-state index contributed by atoms with van der Waals surface area (Å²) in [7, 11) is 0. The Kier molecular flexibility index (Phi) is 4.80. The number of anilines is 1.